The van der Waals surface area contributed by atoms with Gasteiger partial charge in [-0.25, -0.2) is 4.79 Å². The summed E-state index contributed by atoms with van der Waals surface area (Å²) in [7, 11) is 0. The lowest BCUT2D eigenvalue weighted by atomic mass is 10.0. The number of hydrogen-bond acceptors (Lipinski definition) is 3. The lowest BCUT2D eigenvalue weighted by molar-refractivity contribution is 0.101. The molecule has 0 saturated heterocycles. The Hall–Kier alpha value is -1.92. The molecule has 1 aromatic carbocycles. The van der Waals surface area contributed by atoms with Gasteiger partial charge < -0.3 is 16.0 Å². The number of carbonyl (C=O) groups excluding carboxylic acids is 2. The van der Waals surface area contributed by atoms with E-state index in [9.17, 15) is 9.59 Å². The number of amides is 2. The first-order chi connectivity index (χ1) is 9.54. The molecule has 0 saturated carbocycles. The molecule has 1 aliphatic heterocycles. The lowest BCUT2D eigenvalue weighted by Gasteiger charge is -2.32. The second kappa shape index (κ2) is 6.02. The maximum absolute atomic E-state index is 12.4. The first-order valence-electron chi connectivity index (χ1n) is 5.98. The second-order valence-corrected chi connectivity index (χ2v) is 5.19. The van der Waals surface area contributed by atoms with Gasteiger partial charge in [-0.2, -0.15) is 0 Å². The van der Waals surface area contributed by atoms with Crippen molar-refractivity contribution in [3.63, 3.8) is 0 Å². The first kappa shape index (κ1) is 14.5. The topological polar surface area (TPSA) is 75.4 Å². The van der Waals surface area contributed by atoms with E-state index in [1.807, 2.05) is 0 Å². The Morgan fingerprint density at radius 3 is 2.70 bits per heavy atom. The van der Waals surface area contributed by atoms with Gasteiger partial charge in [0.1, 0.15) is 6.17 Å². The highest BCUT2D eigenvalue weighted by Crippen LogP contribution is 2.18. The van der Waals surface area contributed by atoms with Crippen molar-refractivity contribution >= 4 is 27.7 Å². The molecule has 1 atom stereocenters. The van der Waals surface area contributed by atoms with Crippen molar-refractivity contribution in [2.45, 2.75) is 6.17 Å². The number of benzene rings is 1. The number of carbonyl (C=O) groups is 2. The Labute approximate surface area is 125 Å². The van der Waals surface area contributed by atoms with Crippen molar-refractivity contribution in [2.24, 2.45) is 5.73 Å². The molecule has 0 radical (unpaired) electrons. The number of Topliss-reactive ketones (excluding diaryl/α,β-unsaturated/α-hetero) is 1. The molecule has 0 bridgehead atoms. The minimum atomic E-state index is -0.780. The number of nitrogens with zero attached hydrogens (tertiary/aromatic N) is 1. The van der Waals surface area contributed by atoms with Crippen LogP contribution in [0.1, 0.15) is 10.4 Å². The lowest BCUT2D eigenvalue weighted by Crippen LogP contribution is -2.55. The van der Waals surface area contributed by atoms with Crippen molar-refractivity contribution in [2.75, 3.05) is 6.54 Å². The summed E-state index contributed by atoms with van der Waals surface area (Å²) in [5.74, 6) is -0.209. The van der Waals surface area contributed by atoms with Gasteiger partial charge in [0.05, 0.1) is 5.57 Å². The van der Waals surface area contributed by atoms with Gasteiger partial charge in [0.2, 0.25) is 0 Å². The fourth-order valence-electron chi connectivity index (χ4n) is 1.91. The fourth-order valence-corrected chi connectivity index (χ4v) is 2.17. The number of nitrogens with two attached hydrogens (primary N) is 1. The average Bonchev–Trinajstić information content (AvgIpc) is 2.44. The minimum absolute atomic E-state index is 0.209. The molecule has 3 N–H and O–H groups in total. The van der Waals surface area contributed by atoms with Crippen molar-refractivity contribution in [1.82, 2.24) is 10.2 Å². The molecule has 104 valence electrons. The van der Waals surface area contributed by atoms with E-state index in [0.717, 1.165) is 4.47 Å². The molecular weight excluding hydrogens is 322 g/mol. The molecular formula is C14H14BrN3O2. The predicted octanol–water partition coefficient (Wildman–Crippen LogP) is 2.01. The van der Waals surface area contributed by atoms with Gasteiger partial charge in [-0.1, -0.05) is 22.0 Å². The third kappa shape index (κ3) is 2.81. The molecule has 2 amide bonds. The third-order valence-electron chi connectivity index (χ3n) is 2.96. The summed E-state index contributed by atoms with van der Waals surface area (Å²) < 4.78 is 0.887. The van der Waals surface area contributed by atoms with E-state index in [1.54, 1.807) is 30.3 Å². The zero-order valence-corrected chi connectivity index (χ0v) is 12.3. The van der Waals surface area contributed by atoms with Crippen LogP contribution < -0.4 is 11.1 Å². The van der Waals surface area contributed by atoms with Crippen molar-refractivity contribution in [3.05, 3.63) is 58.7 Å². The number of hydrogen-bond donors (Lipinski definition) is 2. The maximum atomic E-state index is 12.4. The molecule has 1 unspecified atom stereocenters. The number of urea groups is 1. The Balaban J connectivity index is 2.27. The van der Waals surface area contributed by atoms with Crippen LogP contribution in [0.15, 0.2) is 53.2 Å². The van der Waals surface area contributed by atoms with E-state index in [0.29, 0.717) is 11.1 Å². The minimum Gasteiger partial charge on any atom is -0.314 e. The normalized spacial score (nSPS) is 18.3. The summed E-state index contributed by atoms with van der Waals surface area (Å²) in [6.45, 7) is 3.85. The van der Waals surface area contributed by atoms with Gasteiger partial charge in [0, 0.05) is 22.8 Å². The molecule has 1 aromatic rings. The van der Waals surface area contributed by atoms with Crippen LogP contribution in [0, 0.1) is 0 Å². The van der Waals surface area contributed by atoms with Gasteiger partial charge in [-0.3, -0.25) is 4.79 Å². The molecule has 6 heteroatoms. The molecule has 5 nitrogen and oxygen atoms in total. The highest BCUT2D eigenvalue weighted by molar-refractivity contribution is 9.10. The molecule has 20 heavy (non-hydrogen) atoms. The van der Waals surface area contributed by atoms with E-state index in [-0.39, 0.29) is 18.4 Å². The summed E-state index contributed by atoms with van der Waals surface area (Å²) in [6.07, 6.45) is 2.15. The fraction of sp³-hybridized carbons (Fsp3) is 0.143. The highest BCUT2D eigenvalue weighted by Gasteiger charge is 2.30. The van der Waals surface area contributed by atoms with Crippen LogP contribution in [0.2, 0.25) is 0 Å². The van der Waals surface area contributed by atoms with E-state index in [2.05, 4.69) is 27.8 Å². The standard InChI is InChI=1S/C14H14BrN3O2/c1-2-7-18-13(16)11(8-17-14(18)20)12(19)9-3-5-10(15)6-4-9/h2-6,8,13H,1,7,16H2,(H,17,20). The maximum Gasteiger partial charge on any atom is 0.323 e. The summed E-state index contributed by atoms with van der Waals surface area (Å²) in [4.78, 5) is 25.4. The SMILES string of the molecule is C=CCN1C(=O)NC=C(C(=O)c2ccc(Br)cc2)C1N. The van der Waals surface area contributed by atoms with Gasteiger partial charge in [0.25, 0.3) is 0 Å². The van der Waals surface area contributed by atoms with Crippen LogP contribution in [0.25, 0.3) is 0 Å². The van der Waals surface area contributed by atoms with Crippen LogP contribution in [0.5, 0.6) is 0 Å². The largest absolute Gasteiger partial charge is 0.323 e. The van der Waals surface area contributed by atoms with Crippen molar-refractivity contribution in [1.29, 1.82) is 0 Å². The molecule has 0 fully saturated rings. The van der Waals surface area contributed by atoms with Gasteiger partial charge >= 0.3 is 6.03 Å². The van der Waals surface area contributed by atoms with E-state index in [1.165, 1.54) is 11.1 Å². The molecule has 0 aromatic heterocycles. The van der Waals surface area contributed by atoms with E-state index >= 15 is 0 Å². The first-order valence-corrected chi connectivity index (χ1v) is 6.78. The van der Waals surface area contributed by atoms with E-state index in [4.69, 9.17) is 5.73 Å². The Bertz CT molecular complexity index is 581. The van der Waals surface area contributed by atoms with Crippen LogP contribution in [-0.4, -0.2) is 29.4 Å². The second-order valence-electron chi connectivity index (χ2n) is 4.27. The third-order valence-corrected chi connectivity index (χ3v) is 3.49. The summed E-state index contributed by atoms with van der Waals surface area (Å²) in [6, 6.07) is 6.62. The molecule has 0 aliphatic carbocycles. The zero-order chi connectivity index (χ0) is 14.7. The molecule has 0 spiro atoms. The molecule has 1 aliphatic rings. The predicted molar refractivity (Wildman–Crippen MR) is 80.0 cm³/mol. The van der Waals surface area contributed by atoms with Gasteiger partial charge in [-0.15, -0.1) is 6.58 Å². The van der Waals surface area contributed by atoms with E-state index < -0.39 is 6.17 Å². The van der Waals surface area contributed by atoms with Gasteiger partial charge in [-0.05, 0) is 24.3 Å². The van der Waals surface area contributed by atoms with Crippen molar-refractivity contribution in [3.8, 4) is 0 Å². The summed E-state index contributed by atoms with van der Waals surface area (Å²) in [5, 5.41) is 2.53. The molecule has 1 heterocycles. The van der Waals surface area contributed by atoms with Crippen LogP contribution in [0.4, 0.5) is 4.79 Å². The number of ketones is 1. The number of nitrogens with one attached hydrogen (secondary N) is 1. The number of rotatable bonds is 4. The van der Waals surface area contributed by atoms with Gasteiger partial charge in [0.15, 0.2) is 5.78 Å². The summed E-state index contributed by atoms with van der Waals surface area (Å²) in [5.41, 5.74) is 6.85. The Morgan fingerprint density at radius 1 is 1.45 bits per heavy atom. The van der Waals surface area contributed by atoms with Crippen LogP contribution >= 0.6 is 15.9 Å². The zero-order valence-electron chi connectivity index (χ0n) is 10.7. The van der Waals surface area contributed by atoms with Crippen molar-refractivity contribution < 1.29 is 9.59 Å². The average molecular weight is 336 g/mol. The summed E-state index contributed by atoms with van der Waals surface area (Å²) >= 11 is 3.31. The monoisotopic (exact) mass is 335 g/mol. The smallest absolute Gasteiger partial charge is 0.314 e. The van der Waals surface area contributed by atoms with Crippen LogP contribution in [-0.2, 0) is 0 Å². The highest BCUT2D eigenvalue weighted by atomic mass is 79.9. The Morgan fingerprint density at radius 2 is 2.10 bits per heavy atom. The van der Waals surface area contributed by atoms with Crippen LogP contribution in [0.3, 0.4) is 0 Å². The quantitative estimate of drug-likeness (QED) is 0.652. The number of halogens is 1. The Kier molecular flexibility index (Phi) is 4.36. The molecule has 2 rings (SSSR count).